The van der Waals surface area contributed by atoms with Crippen LogP contribution >= 0.6 is 11.6 Å². The van der Waals surface area contributed by atoms with E-state index < -0.39 is 0 Å². The Bertz CT molecular complexity index is 683. The second kappa shape index (κ2) is 7.57. The molecule has 1 N–H and O–H groups in total. The minimum Gasteiger partial charge on any atom is -0.474 e. The van der Waals surface area contributed by atoms with E-state index in [-0.39, 0.29) is 18.1 Å². The van der Waals surface area contributed by atoms with Crippen LogP contribution < -0.4 is 10.1 Å². The fourth-order valence-electron chi connectivity index (χ4n) is 2.70. The van der Waals surface area contributed by atoms with Crippen molar-refractivity contribution in [3.8, 4) is 5.88 Å². The molecular weight excluding hydrogens is 328 g/mol. The lowest BCUT2D eigenvalue weighted by atomic mass is 9.93. The maximum atomic E-state index is 12.2. The molecule has 0 aliphatic heterocycles. The van der Waals surface area contributed by atoms with Gasteiger partial charge in [0.15, 0.2) is 0 Å². The number of rotatable bonds is 4. The highest BCUT2D eigenvalue weighted by Crippen LogP contribution is 2.23. The molecule has 1 aliphatic rings. The molecule has 7 heteroatoms. The number of aryl methyl sites for hydroxylation is 1. The summed E-state index contributed by atoms with van der Waals surface area (Å²) in [5.74, 6) is 0.410. The number of hydrogen-bond donors (Lipinski definition) is 1. The third-order valence-corrected chi connectivity index (χ3v) is 4.23. The largest absolute Gasteiger partial charge is 0.474 e. The zero-order valence-corrected chi connectivity index (χ0v) is 14.2. The highest BCUT2D eigenvalue weighted by molar-refractivity contribution is 6.30. The quantitative estimate of drug-likeness (QED) is 0.921. The Morgan fingerprint density at radius 2 is 1.92 bits per heavy atom. The van der Waals surface area contributed by atoms with Gasteiger partial charge in [-0.25, -0.2) is 9.97 Å². The summed E-state index contributed by atoms with van der Waals surface area (Å²) in [6, 6.07) is 3.67. The van der Waals surface area contributed by atoms with E-state index in [2.05, 4.69) is 20.3 Å². The zero-order valence-electron chi connectivity index (χ0n) is 13.4. The number of amides is 1. The number of carbonyl (C=O) groups excluding carboxylic acids is 1. The number of nitrogens with one attached hydrogen (secondary N) is 1. The second-order valence-corrected chi connectivity index (χ2v) is 6.36. The first-order valence-corrected chi connectivity index (χ1v) is 8.35. The molecule has 0 bridgehead atoms. The second-order valence-electron chi connectivity index (χ2n) is 5.92. The van der Waals surface area contributed by atoms with Gasteiger partial charge in [-0.15, -0.1) is 0 Å². The average molecular weight is 347 g/mol. The number of ether oxygens (including phenoxy) is 1. The SMILES string of the molecule is Cc1cnc(C(=O)NC2CCC(Oc3ccc(Cl)cn3)CC2)cn1. The molecule has 1 saturated carbocycles. The molecule has 126 valence electrons. The van der Waals surface area contributed by atoms with Gasteiger partial charge in [0.2, 0.25) is 5.88 Å². The Labute approximate surface area is 145 Å². The summed E-state index contributed by atoms with van der Waals surface area (Å²) in [6.07, 6.45) is 8.26. The van der Waals surface area contributed by atoms with E-state index in [0.29, 0.717) is 16.6 Å². The summed E-state index contributed by atoms with van der Waals surface area (Å²) < 4.78 is 5.86. The first-order valence-electron chi connectivity index (χ1n) is 7.98. The smallest absolute Gasteiger partial charge is 0.271 e. The highest BCUT2D eigenvalue weighted by Gasteiger charge is 2.24. The Kier molecular flexibility index (Phi) is 5.25. The zero-order chi connectivity index (χ0) is 16.9. The lowest BCUT2D eigenvalue weighted by Crippen LogP contribution is -2.40. The van der Waals surface area contributed by atoms with Gasteiger partial charge in [-0.05, 0) is 38.7 Å². The van der Waals surface area contributed by atoms with Crippen molar-refractivity contribution < 1.29 is 9.53 Å². The first kappa shape index (κ1) is 16.6. The van der Waals surface area contributed by atoms with Crippen molar-refractivity contribution in [3.05, 3.63) is 47.1 Å². The molecule has 1 aliphatic carbocycles. The summed E-state index contributed by atoms with van der Waals surface area (Å²) >= 11 is 5.81. The van der Waals surface area contributed by atoms with Crippen molar-refractivity contribution >= 4 is 17.5 Å². The van der Waals surface area contributed by atoms with Crippen molar-refractivity contribution in [2.75, 3.05) is 0 Å². The molecular formula is C17H19ClN4O2. The van der Waals surface area contributed by atoms with Gasteiger partial charge in [0.25, 0.3) is 5.91 Å². The number of halogens is 1. The van der Waals surface area contributed by atoms with Crippen molar-refractivity contribution in [2.24, 2.45) is 0 Å². The Morgan fingerprint density at radius 1 is 1.12 bits per heavy atom. The van der Waals surface area contributed by atoms with E-state index >= 15 is 0 Å². The van der Waals surface area contributed by atoms with E-state index in [1.165, 1.54) is 6.20 Å². The maximum Gasteiger partial charge on any atom is 0.271 e. The summed E-state index contributed by atoms with van der Waals surface area (Å²) in [5, 5.41) is 3.61. The van der Waals surface area contributed by atoms with Crippen molar-refractivity contribution in [1.29, 1.82) is 0 Å². The number of aromatic nitrogens is 3. The fourth-order valence-corrected chi connectivity index (χ4v) is 2.81. The van der Waals surface area contributed by atoms with Gasteiger partial charge in [-0.2, -0.15) is 0 Å². The molecule has 0 aromatic carbocycles. The van der Waals surface area contributed by atoms with Crippen LogP contribution in [0.5, 0.6) is 5.88 Å². The van der Waals surface area contributed by atoms with E-state index in [9.17, 15) is 4.79 Å². The summed E-state index contributed by atoms with van der Waals surface area (Å²) in [5.41, 5.74) is 1.14. The van der Waals surface area contributed by atoms with E-state index in [0.717, 1.165) is 31.4 Å². The van der Waals surface area contributed by atoms with Gasteiger partial charge >= 0.3 is 0 Å². The lowest BCUT2D eigenvalue weighted by molar-refractivity contribution is 0.0885. The Balaban J connectivity index is 1.47. The molecule has 2 aromatic heterocycles. The van der Waals surface area contributed by atoms with Crippen LogP contribution in [0.25, 0.3) is 0 Å². The van der Waals surface area contributed by atoms with Crippen LogP contribution in [0.4, 0.5) is 0 Å². The van der Waals surface area contributed by atoms with Gasteiger partial charge in [0.1, 0.15) is 11.8 Å². The predicted octanol–water partition coefficient (Wildman–Crippen LogP) is 2.95. The summed E-state index contributed by atoms with van der Waals surface area (Å²) in [6.45, 7) is 1.84. The van der Waals surface area contributed by atoms with Gasteiger partial charge in [0.05, 0.1) is 16.9 Å². The van der Waals surface area contributed by atoms with Gasteiger partial charge in [0, 0.05) is 24.5 Å². The number of nitrogens with zero attached hydrogens (tertiary/aromatic N) is 3. The summed E-state index contributed by atoms with van der Waals surface area (Å²) in [7, 11) is 0. The molecule has 1 fully saturated rings. The van der Waals surface area contributed by atoms with Crippen LogP contribution in [0.15, 0.2) is 30.7 Å². The first-order chi connectivity index (χ1) is 11.6. The fraction of sp³-hybridized carbons (Fsp3) is 0.412. The molecule has 24 heavy (non-hydrogen) atoms. The van der Waals surface area contributed by atoms with Gasteiger partial charge in [-0.3, -0.25) is 9.78 Å². The highest BCUT2D eigenvalue weighted by atomic mass is 35.5. The van der Waals surface area contributed by atoms with E-state index in [1.807, 2.05) is 6.92 Å². The standard InChI is InChI=1S/C17H19ClN4O2/c1-11-8-20-15(10-19-11)17(23)22-13-3-5-14(6-4-13)24-16-7-2-12(18)9-21-16/h2,7-10,13-14H,3-6H2,1H3,(H,22,23). The molecule has 0 atom stereocenters. The van der Waals surface area contributed by atoms with Crippen molar-refractivity contribution in [2.45, 2.75) is 44.8 Å². The monoisotopic (exact) mass is 346 g/mol. The topological polar surface area (TPSA) is 77.0 Å². The van der Waals surface area contributed by atoms with Crippen LogP contribution in [-0.2, 0) is 0 Å². The molecule has 6 nitrogen and oxygen atoms in total. The van der Waals surface area contributed by atoms with Gasteiger partial charge in [-0.1, -0.05) is 11.6 Å². The predicted molar refractivity (Wildman–Crippen MR) is 90.2 cm³/mol. The number of pyridine rings is 1. The van der Waals surface area contributed by atoms with Crippen LogP contribution in [0, 0.1) is 6.92 Å². The Morgan fingerprint density at radius 3 is 2.54 bits per heavy atom. The normalized spacial score (nSPS) is 20.4. The number of carbonyl (C=O) groups is 1. The van der Waals surface area contributed by atoms with Gasteiger partial charge < -0.3 is 10.1 Å². The molecule has 2 heterocycles. The van der Waals surface area contributed by atoms with Crippen LogP contribution in [0.3, 0.4) is 0 Å². The number of hydrogen-bond acceptors (Lipinski definition) is 5. The molecule has 0 unspecified atom stereocenters. The maximum absolute atomic E-state index is 12.2. The van der Waals surface area contributed by atoms with Crippen LogP contribution in [-0.4, -0.2) is 33.0 Å². The Hall–Kier alpha value is -2.21. The average Bonchev–Trinajstić information content (AvgIpc) is 2.59. The van der Waals surface area contributed by atoms with Crippen molar-refractivity contribution in [1.82, 2.24) is 20.3 Å². The third kappa shape index (κ3) is 4.41. The van der Waals surface area contributed by atoms with Crippen LogP contribution in [0.1, 0.15) is 41.9 Å². The van der Waals surface area contributed by atoms with E-state index in [1.54, 1.807) is 24.5 Å². The molecule has 0 spiro atoms. The third-order valence-electron chi connectivity index (χ3n) is 4.01. The molecule has 0 radical (unpaired) electrons. The molecule has 3 rings (SSSR count). The molecule has 0 saturated heterocycles. The molecule has 1 amide bonds. The minimum absolute atomic E-state index is 0.117. The van der Waals surface area contributed by atoms with E-state index in [4.69, 9.17) is 16.3 Å². The van der Waals surface area contributed by atoms with Crippen LogP contribution in [0.2, 0.25) is 5.02 Å². The lowest BCUT2D eigenvalue weighted by Gasteiger charge is -2.29. The molecule has 2 aromatic rings. The summed E-state index contributed by atoms with van der Waals surface area (Å²) in [4.78, 5) is 24.5. The van der Waals surface area contributed by atoms with Crippen molar-refractivity contribution in [3.63, 3.8) is 0 Å². The minimum atomic E-state index is -0.175.